The summed E-state index contributed by atoms with van der Waals surface area (Å²) in [6.07, 6.45) is 0. The fourth-order valence-corrected chi connectivity index (χ4v) is 2.53. The Kier molecular flexibility index (Phi) is 4.66. The fraction of sp³-hybridized carbons (Fsp3) is 0.200. The first-order valence-electron chi connectivity index (χ1n) is 5.87. The van der Waals surface area contributed by atoms with Crippen LogP contribution in [0, 0.1) is 18.6 Å². The van der Waals surface area contributed by atoms with Gasteiger partial charge in [-0.2, -0.15) is 0 Å². The third-order valence-electron chi connectivity index (χ3n) is 3.03. The second-order valence-corrected chi connectivity index (χ2v) is 5.67. The van der Waals surface area contributed by atoms with E-state index in [1.165, 1.54) is 19.2 Å². The highest BCUT2D eigenvalue weighted by Crippen LogP contribution is 2.38. The van der Waals surface area contributed by atoms with Gasteiger partial charge in [0.15, 0.2) is 0 Å². The number of hydrogen-bond donors (Lipinski definition) is 0. The third-order valence-corrected chi connectivity index (χ3v) is 4.13. The van der Waals surface area contributed by atoms with Crippen molar-refractivity contribution in [2.75, 3.05) is 7.11 Å². The van der Waals surface area contributed by atoms with Crippen LogP contribution in [-0.2, 0) is 0 Å². The number of aryl methyl sites for hydroxylation is 1. The molecule has 2 aromatic carbocycles. The van der Waals surface area contributed by atoms with Crippen LogP contribution >= 0.6 is 27.5 Å². The molecule has 5 heteroatoms. The summed E-state index contributed by atoms with van der Waals surface area (Å²) >= 11 is 9.49. The van der Waals surface area contributed by atoms with Gasteiger partial charge in [-0.3, -0.25) is 0 Å². The van der Waals surface area contributed by atoms with Gasteiger partial charge in [0, 0.05) is 11.6 Å². The van der Waals surface area contributed by atoms with E-state index in [-0.39, 0.29) is 10.3 Å². The molecule has 0 heterocycles. The van der Waals surface area contributed by atoms with Crippen LogP contribution in [0.1, 0.15) is 22.1 Å². The Morgan fingerprint density at radius 3 is 2.45 bits per heavy atom. The van der Waals surface area contributed by atoms with Gasteiger partial charge in [0.2, 0.25) is 0 Å². The molecule has 0 aliphatic carbocycles. The lowest BCUT2D eigenvalue weighted by atomic mass is 10.0. The SMILES string of the molecule is COc1cc(F)c(Br)cc1C(Cl)c1ccc(C)c(F)c1. The topological polar surface area (TPSA) is 9.23 Å². The summed E-state index contributed by atoms with van der Waals surface area (Å²) in [5.74, 6) is -0.440. The van der Waals surface area contributed by atoms with Crippen molar-refractivity contribution in [3.05, 3.63) is 63.1 Å². The minimum Gasteiger partial charge on any atom is -0.496 e. The second-order valence-electron chi connectivity index (χ2n) is 4.38. The third kappa shape index (κ3) is 2.96. The van der Waals surface area contributed by atoms with Gasteiger partial charge in [-0.15, -0.1) is 11.6 Å². The number of ether oxygens (including phenoxy) is 1. The van der Waals surface area contributed by atoms with E-state index in [0.29, 0.717) is 22.4 Å². The Morgan fingerprint density at radius 2 is 1.85 bits per heavy atom. The molecule has 20 heavy (non-hydrogen) atoms. The van der Waals surface area contributed by atoms with Crippen LogP contribution in [0.3, 0.4) is 0 Å². The molecule has 0 amide bonds. The van der Waals surface area contributed by atoms with E-state index in [1.54, 1.807) is 25.1 Å². The number of methoxy groups -OCH3 is 1. The summed E-state index contributed by atoms with van der Waals surface area (Å²) in [5, 5.41) is -0.628. The molecule has 0 fully saturated rings. The summed E-state index contributed by atoms with van der Waals surface area (Å²) in [6.45, 7) is 1.68. The number of rotatable bonds is 3. The van der Waals surface area contributed by atoms with E-state index in [4.69, 9.17) is 16.3 Å². The Morgan fingerprint density at radius 1 is 1.15 bits per heavy atom. The average Bonchev–Trinajstić information content (AvgIpc) is 2.43. The quantitative estimate of drug-likeness (QED) is 0.668. The Labute approximate surface area is 129 Å². The first-order valence-corrected chi connectivity index (χ1v) is 7.10. The van der Waals surface area contributed by atoms with E-state index in [2.05, 4.69) is 15.9 Å². The molecule has 0 spiro atoms. The van der Waals surface area contributed by atoms with Crippen molar-refractivity contribution < 1.29 is 13.5 Å². The van der Waals surface area contributed by atoms with Gasteiger partial charge < -0.3 is 4.74 Å². The maximum Gasteiger partial charge on any atom is 0.141 e. The van der Waals surface area contributed by atoms with Gasteiger partial charge in [0.25, 0.3) is 0 Å². The van der Waals surface area contributed by atoms with Gasteiger partial charge in [-0.05, 0) is 46.1 Å². The van der Waals surface area contributed by atoms with E-state index in [0.717, 1.165) is 0 Å². The molecule has 2 rings (SSSR count). The highest BCUT2D eigenvalue weighted by atomic mass is 79.9. The summed E-state index contributed by atoms with van der Waals surface area (Å²) in [4.78, 5) is 0. The van der Waals surface area contributed by atoms with Gasteiger partial charge in [-0.1, -0.05) is 12.1 Å². The minimum atomic E-state index is -0.628. The first kappa shape index (κ1) is 15.3. The first-order chi connectivity index (χ1) is 9.43. The predicted octanol–water partition coefficient (Wildman–Crippen LogP) is 5.37. The standard InChI is InChI=1S/C15H12BrClF2O/c1-8-3-4-9(5-12(8)18)15(17)10-6-11(16)13(19)7-14(10)20-2/h3-7,15H,1-2H3. The zero-order valence-corrected chi connectivity index (χ0v) is 13.2. The molecule has 0 radical (unpaired) electrons. The van der Waals surface area contributed by atoms with Gasteiger partial charge in [-0.25, -0.2) is 8.78 Å². The van der Waals surface area contributed by atoms with Crippen molar-refractivity contribution >= 4 is 27.5 Å². The lowest BCUT2D eigenvalue weighted by molar-refractivity contribution is 0.406. The van der Waals surface area contributed by atoms with E-state index >= 15 is 0 Å². The summed E-state index contributed by atoms with van der Waals surface area (Å²) in [5.41, 5.74) is 1.71. The maximum absolute atomic E-state index is 13.6. The lowest BCUT2D eigenvalue weighted by Gasteiger charge is -2.16. The smallest absolute Gasteiger partial charge is 0.141 e. The number of halogens is 4. The van der Waals surface area contributed by atoms with E-state index in [9.17, 15) is 8.78 Å². The Balaban J connectivity index is 2.49. The lowest BCUT2D eigenvalue weighted by Crippen LogP contribution is -2.00. The van der Waals surface area contributed by atoms with Crippen molar-refractivity contribution in [1.82, 2.24) is 0 Å². The predicted molar refractivity (Wildman–Crippen MR) is 79.5 cm³/mol. The molecule has 1 nitrogen and oxygen atoms in total. The summed E-state index contributed by atoms with van der Waals surface area (Å²) in [6, 6.07) is 7.57. The molecule has 0 bridgehead atoms. The van der Waals surface area contributed by atoms with Crippen molar-refractivity contribution in [3.8, 4) is 5.75 Å². The monoisotopic (exact) mass is 360 g/mol. The molecule has 0 saturated carbocycles. The minimum absolute atomic E-state index is 0.284. The molecular weight excluding hydrogens is 350 g/mol. The van der Waals surface area contributed by atoms with E-state index in [1.807, 2.05) is 0 Å². The zero-order valence-electron chi connectivity index (χ0n) is 10.9. The maximum atomic E-state index is 13.6. The van der Waals surface area contributed by atoms with Crippen molar-refractivity contribution in [2.24, 2.45) is 0 Å². The van der Waals surface area contributed by atoms with Gasteiger partial charge >= 0.3 is 0 Å². The number of benzene rings is 2. The molecule has 0 aliphatic heterocycles. The Bertz CT molecular complexity index is 646. The zero-order chi connectivity index (χ0) is 14.9. The average molecular weight is 362 g/mol. The van der Waals surface area contributed by atoms with Crippen LogP contribution in [0.5, 0.6) is 5.75 Å². The van der Waals surface area contributed by atoms with Crippen molar-refractivity contribution in [2.45, 2.75) is 12.3 Å². The van der Waals surface area contributed by atoms with Crippen molar-refractivity contribution in [3.63, 3.8) is 0 Å². The van der Waals surface area contributed by atoms with Crippen LogP contribution in [0.25, 0.3) is 0 Å². The van der Waals surface area contributed by atoms with Crippen LogP contribution in [-0.4, -0.2) is 7.11 Å². The number of hydrogen-bond acceptors (Lipinski definition) is 1. The molecule has 0 aliphatic rings. The molecule has 106 valence electrons. The van der Waals surface area contributed by atoms with Gasteiger partial charge in [0.1, 0.15) is 17.4 Å². The molecule has 0 N–H and O–H groups in total. The molecular formula is C15H12BrClF2O. The molecule has 1 atom stereocenters. The number of alkyl halides is 1. The summed E-state index contributed by atoms with van der Waals surface area (Å²) < 4.78 is 32.5. The molecule has 2 aromatic rings. The molecule has 1 unspecified atom stereocenters. The largest absolute Gasteiger partial charge is 0.496 e. The van der Waals surface area contributed by atoms with Crippen LogP contribution < -0.4 is 4.74 Å². The normalized spacial score (nSPS) is 12.3. The van der Waals surface area contributed by atoms with E-state index < -0.39 is 11.2 Å². The Hall–Kier alpha value is -1.13. The molecule has 0 aromatic heterocycles. The highest BCUT2D eigenvalue weighted by Gasteiger charge is 2.19. The van der Waals surface area contributed by atoms with Crippen molar-refractivity contribution in [1.29, 1.82) is 0 Å². The van der Waals surface area contributed by atoms with Gasteiger partial charge in [0.05, 0.1) is 17.0 Å². The van der Waals surface area contributed by atoms with Crippen LogP contribution in [0.2, 0.25) is 0 Å². The molecule has 0 saturated heterocycles. The highest BCUT2D eigenvalue weighted by molar-refractivity contribution is 9.10. The van der Waals surface area contributed by atoms with Crippen LogP contribution in [0.15, 0.2) is 34.8 Å². The van der Waals surface area contributed by atoms with Crippen LogP contribution in [0.4, 0.5) is 8.78 Å². The fourth-order valence-electron chi connectivity index (χ4n) is 1.87. The second kappa shape index (κ2) is 6.10. The summed E-state index contributed by atoms with van der Waals surface area (Å²) in [7, 11) is 1.44.